The third-order valence-electron chi connectivity index (χ3n) is 3.04. The smallest absolute Gasteiger partial charge is 0.119 e. The highest BCUT2D eigenvalue weighted by Gasteiger charge is 1.97. The number of rotatable bonds is 12. The zero-order valence-corrected chi connectivity index (χ0v) is 13.7. The van der Waals surface area contributed by atoms with Crippen molar-refractivity contribution in [3.8, 4) is 5.75 Å². The average molecular weight is 294 g/mol. The summed E-state index contributed by atoms with van der Waals surface area (Å²) in [4.78, 5) is 2.16. The molecule has 0 fully saturated rings. The van der Waals surface area contributed by atoms with E-state index in [-0.39, 0.29) is 0 Å². The van der Waals surface area contributed by atoms with Crippen molar-refractivity contribution in [1.29, 1.82) is 0 Å². The lowest BCUT2D eigenvalue weighted by molar-refractivity contribution is 0.0946. The Balaban J connectivity index is 2.12. The third kappa shape index (κ3) is 9.45. The summed E-state index contributed by atoms with van der Waals surface area (Å²) in [7, 11) is 4.15. The molecular weight excluding hydrogens is 264 g/mol. The van der Waals surface area contributed by atoms with Crippen LogP contribution in [-0.2, 0) is 11.3 Å². The second kappa shape index (κ2) is 11.5. The summed E-state index contributed by atoms with van der Waals surface area (Å²) in [5.41, 5.74) is 1.26. The molecule has 0 amide bonds. The summed E-state index contributed by atoms with van der Waals surface area (Å²) in [6.07, 6.45) is 2.22. The summed E-state index contributed by atoms with van der Waals surface area (Å²) < 4.78 is 11.3. The lowest BCUT2D eigenvalue weighted by atomic mass is 10.2. The Labute approximate surface area is 129 Å². The van der Waals surface area contributed by atoms with Gasteiger partial charge in [-0.3, -0.25) is 0 Å². The largest absolute Gasteiger partial charge is 0.491 e. The highest BCUT2D eigenvalue weighted by atomic mass is 16.5. The molecule has 0 spiro atoms. The summed E-state index contributed by atoms with van der Waals surface area (Å²) in [6, 6.07) is 8.24. The molecule has 0 saturated heterocycles. The van der Waals surface area contributed by atoms with Crippen LogP contribution >= 0.6 is 0 Å². The first-order valence-electron chi connectivity index (χ1n) is 7.87. The second-order valence-electron chi connectivity index (χ2n) is 5.44. The molecule has 0 aliphatic heterocycles. The maximum atomic E-state index is 5.72. The van der Waals surface area contributed by atoms with Crippen LogP contribution in [0.5, 0.6) is 5.75 Å². The predicted molar refractivity (Wildman–Crippen MR) is 87.9 cm³/mol. The fourth-order valence-electron chi connectivity index (χ4n) is 1.96. The molecule has 0 heterocycles. The van der Waals surface area contributed by atoms with Gasteiger partial charge in [0.2, 0.25) is 0 Å². The predicted octanol–water partition coefficient (Wildman–Crippen LogP) is 2.53. The van der Waals surface area contributed by atoms with Gasteiger partial charge in [-0.1, -0.05) is 19.1 Å². The Morgan fingerprint density at radius 2 is 2.00 bits per heavy atom. The normalized spacial score (nSPS) is 11.0. The van der Waals surface area contributed by atoms with Crippen molar-refractivity contribution in [3.63, 3.8) is 0 Å². The summed E-state index contributed by atoms with van der Waals surface area (Å²) in [6.45, 7) is 7.22. The van der Waals surface area contributed by atoms with E-state index in [9.17, 15) is 0 Å². The average Bonchev–Trinajstić information content (AvgIpc) is 2.47. The van der Waals surface area contributed by atoms with Crippen molar-refractivity contribution in [3.05, 3.63) is 29.8 Å². The molecule has 0 unspecified atom stereocenters. The number of hydrogen-bond donors (Lipinski definition) is 1. The number of nitrogens with one attached hydrogen (secondary N) is 1. The van der Waals surface area contributed by atoms with Crippen LogP contribution in [0.2, 0.25) is 0 Å². The Kier molecular flexibility index (Phi) is 9.87. The fraction of sp³-hybridized carbons (Fsp3) is 0.647. The molecule has 4 heteroatoms. The van der Waals surface area contributed by atoms with Crippen molar-refractivity contribution in [2.24, 2.45) is 0 Å². The standard InChI is InChI=1S/C17H30N2O2/c1-4-9-18-15-16-7-5-8-17(14-16)21-13-12-20-11-6-10-19(2)3/h5,7-8,14,18H,4,6,9-13,15H2,1-3H3. The summed E-state index contributed by atoms with van der Waals surface area (Å²) >= 11 is 0. The molecule has 0 radical (unpaired) electrons. The maximum absolute atomic E-state index is 5.72. The van der Waals surface area contributed by atoms with E-state index in [0.29, 0.717) is 13.2 Å². The second-order valence-corrected chi connectivity index (χ2v) is 5.44. The fourth-order valence-corrected chi connectivity index (χ4v) is 1.96. The van der Waals surface area contributed by atoms with Crippen molar-refractivity contribution in [2.45, 2.75) is 26.3 Å². The lowest BCUT2D eigenvalue weighted by Gasteiger charge is -2.11. The van der Waals surface area contributed by atoms with Gasteiger partial charge in [-0.25, -0.2) is 0 Å². The molecular formula is C17H30N2O2. The summed E-state index contributed by atoms with van der Waals surface area (Å²) in [5, 5.41) is 3.39. The van der Waals surface area contributed by atoms with Crippen LogP contribution in [-0.4, -0.2) is 51.9 Å². The van der Waals surface area contributed by atoms with E-state index in [1.54, 1.807) is 0 Å². The SMILES string of the molecule is CCCNCc1cccc(OCCOCCCN(C)C)c1. The molecule has 1 aromatic rings. The third-order valence-corrected chi connectivity index (χ3v) is 3.04. The first kappa shape index (κ1) is 18.0. The van der Waals surface area contributed by atoms with Crippen LogP contribution in [0.1, 0.15) is 25.3 Å². The monoisotopic (exact) mass is 294 g/mol. The van der Waals surface area contributed by atoms with Gasteiger partial charge in [-0.05, 0) is 57.7 Å². The molecule has 0 saturated carbocycles. The number of hydrogen-bond acceptors (Lipinski definition) is 4. The molecule has 0 aliphatic carbocycles. The minimum Gasteiger partial charge on any atom is -0.491 e. The van der Waals surface area contributed by atoms with Crippen molar-refractivity contribution >= 4 is 0 Å². The van der Waals surface area contributed by atoms with Crippen LogP contribution in [0.15, 0.2) is 24.3 Å². The van der Waals surface area contributed by atoms with Gasteiger partial charge in [0.15, 0.2) is 0 Å². The highest BCUT2D eigenvalue weighted by molar-refractivity contribution is 5.28. The molecule has 21 heavy (non-hydrogen) atoms. The topological polar surface area (TPSA) is 33.7 Å². The van der Waals surface area contributed by atoms with E-state index in [2.05, 4.69) is 43.4 Å². The molecule has 1 rings (SSSR count). The van der Waals surface area contributed by atoms with Crippen molar-refractivity contribution in [1.82, 2.24) is 10.2 Å². The molecule has 120 valence electrons. The molecule has 1 aromatic carbocycles. The summed E-state index contributed by atoms with van der Waals surface area (Å²) in [5.74, 6) is 0.919. The van der Waals surface area contributed by atoms with E-state index in [1.165, 1.54) is 5.56 Å². The van der Waals surface area contributed by atoms with Crippen LogP contribution in [0.25, 0.3) is 0 Å². The number of nitrogens with zero attached hydrogens (tertiary/aromatic N) is 1. The van der Waals surface area contributed by atoms with E-state index in [0.717, 1.165) is 44.8 Å². The zero-order chi connectivity index (χ0) is 15.3. The van der Waals surface area contributed by atoms with Crippen LogP contribution in [0.4, 0.5) is 0 Å². The van der Waals surface area contributed by atoms with Crippen LogP contribution in [0, 0.1) is 0 Å². The van der Waals surface area contributed by atoms with Gasteiger partial charge in [0.25, 0.3) is 0 Å². The highest BCUT2D eigenvalue weighted by Crippen LogP contribution is 2.13. The Hall–Kier alpha value is -1.10. The number of ether oxygens (including phenoxy) is 2. The van der Waals surface area contributed by atoms with Crippen molar-refractivity contribution in [2.75, 3.05) is 47.0 Å². The van der Waals surface area contributed by atoms with Gasteiger partial charge in [-0.15, -0.1) is 0 Å². The molecule has 0 aromatic heterocycles. The van der Waals surface area contributed by atoms with Crippen molar-refractivity contribution < 1.29 is 9.47 Å². The molecule has 1 N–H and O–H groups in total. The lowest BCUT2D eigenvalue weighted by Crippen LogP contribution is -2.16. The first-order valence-corrected chi connectivity index (χ1v) is 7.87. The minimum absolute atomic E-state index is 0.605. The molecule has 0 atom stereocenters. The quantitative estimate of drug-likeness (QED) is 0.601. The van der Waals surface area contributed by atoms with Gasteiger partial charge < -0.3 is 19.7 Å². The Bertz CT molecular complexity index is 370. The van der Waals surface area contributed by atoms with E-state index < -0.39 is 0 Å². The zero-order valence-electron chi connectivity index (χ0n) is 13.7. The van der Waals surface area contributed by atoms with E-state index in [1.807, 2.05) is 12.1 Å². The van der Waals surface area contributed by atoms with Crippen LogP contribution in [0.3, 0.4) is 0 Å². The van der Waals surface area contributed by atoms with E-state index >= 15 is 0 Å². The van der Waals surface area contributed by atoms with Gasteiger partial charge in [0, 0.05) is 13.2 Å². The maximum Gasteiger partial charge on any atom is 0.119 e. The van der Waals surface area contributed by atoms with Crippen LogP contribution < -0.4 is 10.1 Å². The van der Waals surface area contributed by atoms with Gasteiger partial charge in [-0.2, -0.15) is 0 Å². The Morgan fingerprint density at radius 3 is 2.76 bits per heavy atom. The van der Waals surface area contributed by atoms with Gasteiger partial charge in [0.05, 0.1) is 6.61 Å². The Morgan fingerprint density at radius 1 is 1.14 bits per heavy atom. The van der Waals surface area contributed by atoms with E-state index in [4.69, 9.17) is 9.47 Å². The molecule has 0 aliphatic rings. The minimum atomic E-state index is 0.605. The molecule has 0 bridgehead atoms. The first-order chi connectivity index (χ1) is 10.2. The number of benzene rings is 1. The van der Waals surface area contributed by atoms with Gasteiger partial charge in [0.1, 0.15) is 12.4 Å². The van der Waals surface area contributed by atoms with Gasteiger partial charge >= 0.3 is 0 Å². The molecule has 4 nitrogen and oxygen atoms in total.